The first-order chi connectivity index (χ1) is 12.4. The predicted molar refractivity (Wildman–Crippen MR) is 97.4 cm³/mol. The van der Waals surface area contributed by atoms with Crippen LogP contribution in [0.3, 0.4) is 0 Å². The third-order valence-electron chi connectivity index (χ3n) is 3.78. The molecule has 0 radical (unpaired) electrons. The van der Waals surface area contributed by atoms with Crippen molar-refractivity contribution >= 4 is 39.2 Å². The van der Waals surface area contributed by atoms with Crippen LogP contribution < -0.4 is 4.74 Å². The maximum absolute atomic E-state index is 12.8. The van der Waals surface area contributed by atoms with E-state index in [1.807, 2.05) is 0 Å². The molecule has 9 heteroatoms. The Morgan fingerprint density at radius 2 is 1.69 bits per heavy atom. The minimum atomic E-state index is -3.83. The Hall–Kier alpha value is -1.64. The van der Waals surface area contributed by atoms with Crippen molar-refractivity contribution in [3.05, 3.63) is 58.1 Å². The van der Waals surface area contributed by atoms with E-state index in [1.54, 1.807) is 24.3 Å². The summed E-state index contributed by atoms with van der Waals surface area (Å²) < 4.78 is 37.3. The molecule has 26 heavy (non-hydrogen) atoms. The molecular formula is C17H15Cl2NO5S. The summed E-state index contributed by atoms with van der Waals surface area (Å²) >= 11 is 11.9. The van der Waals surface area contributed by atoms with E-state index in [0.717, 1.165) is 0 Å². The maximum atomic E-state index is 12.8. The van der Waals surface area contributed by atoms with Gasteiger partial charge in [0.2, 0.25) is 10.0 Å². The lowest BCUT2D eigenvalue weighted by molar-refractivity contribution is 0.0727. The van der Waals surface area contributed by atoms with Crippen molar-refractivity contribution in [2.75, 3.05) is 26.3 Å². The van der Waals surface area contributed by atoms with E-state index < -0.39 is 16.0 Å². The second-order valence-electron chi connectivity index (χ2n) is 5.51. The highest BCUT2D eigenvalue weighted by Gasteiger charge is 2.29. The van der Waals surface area contributed by atoms with Crippen LogP contribution in [0.1, 0.15) is 10.4 Å². The zero-order valence-electron chi connectivity index (χ0n) is 13.5. The molecule has 0 atom stereocenters. The molecule has 0 N–H and O–H groups in total. The van der Waals surface area contributed by atoms with Gasteiger partial charge in [0.25, 0.3) is 0 Å². The summed E-state index contributed by atoms with van der Waals surface area (Å²) in [5.41, 5.74) is 0.0798. The highest BCUT2D eigenvalue weighted by molar-refractivity contribution is 7.89. The second kappa shape index (κ2) is 7.94. The van der Waals surface area contributed by atoms with Crippen LogP contribution in [0.2, 0.25) is 10.0 Å². The Bertz CT molecular complexity index is 909. The number of nitrogens with zero attached hydrogens (tertiary/aromatic N) is 1. The molecule has 6 nitrogen and oxygen atoms in total. The van der Waals surface area contributed by atoms with Crippen molar-refractivity contribution in [2.24, 2.45) is 0 Å². The summed E-state index contributed by atoms with van der Waals surface area (Å²) in [6, 6.07) is 10.3. The Morgan fingerprint density at radius 1 is 1.04 bits per heavy atom. The molecule has 0 saturated carbocycles. The average molecular weight is 416 g/mol. The Kier molecular flexibility index (Phi) is 5.84. The van der Waals surface area contributed by atoms with Gasteiger partial charge in [-0.3, -0.25) is 0 Å². The number of hydrogen-bond donors (Lipinski definition) is 0. The van der Waals surface area contributed by atoms with Crippen molar-refractivity contribution in [2.45, 2.75) is 4.90 Å². The number of rotatable bonds is 4. The van der Waals surface area contributed by atoms with Gasteiger partial charge in [0.1, 0.15) is 10.6 Å². The van der Waals surface area contributed by atoms with E-state index in [1.165, 1.54) is 22.5 Å². The highest BCUT2D eigenvalue weighted by atomic mass is 35.5. The minimum Gasteiger partial charge on any atom is -0.423 e. The molecule has 2 aromatic carbocycles. The Balaban J connectivity index is 1.87. The topological polar surface area (TPSA) is 72.9 Å². The van der Waals surface area contributed by atoms with Gasteiger partial charge in [-0.15, -0.1) is 0 Å². The van der Waals surface area contributed by atoms with Gasteiger partial charge in [0.05, 0.1) is 23.8 Å². The molecule has 0 unspecified atom stereocenters. The van der Waals surface area contributed by atoms with Gasteiger partial charge in [-0.05, 0) is 42.5 Å². The molecule has 138 valence electrons. The summed E-state index contributed by atoms with van der Waals surface area (Å²) in [6.07, 6.45) is 0. The molecule has 0 spiro atoms. The van der Waals surface area contributed by atoms with Gasteiger partial charge in [-0.25, -0.2) is 13.2 Å². The highest BCUT2D eigenvalue weighted by Crippen LogP contribution is 2.27. The van der Waals surface area contributed by atoms with Gasteiger partial charge in [-0.1, -0.05) is 23.2 Å². The lowest BCUT2D eigenvalue weighted by Crippen LogP contribution is -2.40. The molecular weight excluding hydrogens is 401 g/mol. The number of halogens is 2. The number of morpholine rings is 1. The number of carbonyl (C=O) groups excluding carboxylic acids is 1. The molecule has 0 aliphatic carbocycles. The number of benzene rings is 2. The number of hydrogen-bond acceptors (Lipinski definition) is 5. The van der Waals surface area contributed by atoms with Crippen LogP contribution >= 0.6 is 23.2 Å². The van der Waals surface area contributed by atoms with Crippen LogP contribution in [0, 0.1) is 0 Å². The van der Waals surface area contributed by atoms with E-state index in [2.05, 4.69) is 0 Å². The van der Waals surface area contributed by atoms with Gasteiger partial charge < -0.3 is 9.47 Å². The van der Waals surface area contributed by atoms with Gasteiger partial charge in [-0.2, -0.15) is 4.31 Å². The van der Waals surface area contributed by atoms with Gasteiger partial charge in [0, 0.05) is 18.1 Å². The first-order valence-corrected chi connectivity index (χ1v) is 9.93. The largest absolute Gasteiger partial charge is 0.423 e. The van der Waals surface area contributed by atoms with Crippen LogP contribution in [0.5, 0.6) is 5.75 Å². The van der Waals surface area contributed by atoms with Crippen molar-refractivity contribution in [1.29, 1.82) is 0 Å². The molecule has 0 amide bonds. The van der Waals surface area contributed by atoms with E-state index in [9.17, 15) is 13.2 Å². The number of esters is 1. The molecule has 1 aliphatic heterocycles. The number of sulfonamides is 1. The van der Waals surface area contributed by atoms with Crippen LogP contribution in [-0.2, 0) is 14.8 Å². The van der Waals surface area contributed by atoms with E-state index in [4.69, 9.17) is 32.7 Å². The van der Waals surface area contributed by atoms with Crippen LogP contribution in [0.4, 0.5) is 0 Å². The molecule has 3 rings (SSSR count). The summed E-state index contributed by atoms with van der Waals surface area (Å²) in [5.74, 6) is -0.394. The van der Waals surface area contributed by atoms with Crippen LogP contribution in [0.15, 0.2) is 47.4 Å². The van der Waals surface area contributed by atoms with E-state index in [-0.39, 0.29) is 28.6 Å². The molecule has 2 aromatic rings. The molecule has 1 aliphatic rings. The third kappa shape index (κ3) is 4.19. The van der Waals surface area contributed by atoms with Crippen molar-refractivity contribution in [3.63, 3.8) is 0 Å². The van der Waals surface area contributed by atoms with Crippen LogP contribution in [-0.4, -0.2) is 45.0 Å². The summed E-state index contributed by atoms with van der Waals surface area (Å²) in [4.78, 5) is 12.2. The van der Waals surface area contributed by atoms with Crippen LogP contribution in [0.25, 0.3) is 0 Å². The van der Waals surface area contributed by atoms with Gasteiger partial charge in [0.15, 0.2) is 0 Å². The Labute approximate surface area is 161 Å². The fourth-order valence-electron chi connectivity index (χ4n) is 2.42. The molecule has 0 aromatic heterocycles. The van der Waals surface area contributed by atoms with E-state index >= 15 is 0 Å². The lowest BCUT2D eigenvalue weighted by Gasteiger charge is -2.26. The minimum absolute atomic E-state index is 0.0412. The molecule has 0 bridgehead atoms. The molecule has 1 saturated heterocycles. The number of carbonyl (C=O) groups is 1. The zero-order valence-corrected chi connectivity index (χ0v) is 15.9. The van der Waals surface area contributed by atoms with Crippen molar-refractivity contribution in [3.8, 4) is 5.75 Å². The summed E-state index contributed by atoms with van der Waals surface area (Å²) in [6.45, 7) is 1.10. The van der Waals surface area contributed by atoms with Crippen molar-refractivity contribution in [1.82, 2.24) is 4.31 Å². The molecule has 1 heterocycles. The normalized spacial score (nSPS) is 15.6. The first-order valence-electron chi connectivity index (χ1n) is 7.73. The predicted octanol–water partition coefficient (Wildman–Crippen LogP) is 3.23. The SMILES string of the molecule is O=C(Oc1ccc(Cl)cc1)c1ccc(Cl)c(S(=O)(=O)N2CCOCC2)c1. The van der Waals surface area contributed by atoms with Crippen molar-refractivity contribution < 1.29 is 22.7 Å². The summed E-state index contributed by atoms with van der Waals surface area (Å²) in [7, 11) is -3.83. The summed E-state index contributed by atoms with van der Waals surface area (Å²) in [5, 5.41) is 0.551. The zero-order chi connectivity index (χ0) is 18.7. The maximum Gasteiger partial charge on any atom is 0.343 e. The fraction of sp³-hybridized carbons (Fsp3) is 0.235. The number of ether oxygens (including phenoxy) is 2. The van der Waals surface area contributed by atoms with E-state index in [0.29, 0.717) is 24.0 Å². The second-order valence-corrected chi connectivity index (χ2v) is 8.26. The first kappa shape index (κ1) is 19.1. The lowest BCUT2D eigenvalue weighted by atomic mass is 10.2. The average Bonchev–Trinajstić information content (AvgIpc) is 2.64. The quantitative estimate of drug-likeness (QED) is 0.565. The monoisotopic (exact) mass is 415 g/mol. The Morgan fingerprint density at radius 3 is 2.35 bits per heavy atom. The molecule has 1 fully saturated rings. The van der Waals surface area contributed by atoms with Gasteiger partial charge >= 0.3 is 5.97 Å². The standard InChI is InChI=1S/C17H15Cl2NO5S/c18-13-2-4-14(5-3-13)25-17(21)12-1-6-15(19)16(11-12)26(22,23)20-7-9-24-10-8-20/h1-6,11H,7-10H2. The fourth-order valence-corrected chi connectivity index (χ4v) is 4.46. The smallest absolute Gasteiger partial charge is 0.343 e. The third-order valence-corrected chi connectivity index (χ3v) is 6.41.